The van der Waals surface area contributed by atoms with Crippen LogP contribution < -0.4 is 18.9 Å². The van der Waals surface area contributed by atoms with Gasteiger partial charge < -0.3 is 37.9 Å². The Balaban J connectivity index is 1.13. The summed E-state index contributed by atoms with van der Waals surface area (Å²) in [5.74, 6) is 3.15. The fourth-order valence-corrected chi connectivity index (χ4v) is 9.87. The predicted octanol–water partition coefficient (Wildman–Crippen LogP) is 12.9. The van der Waals surface area contributed by atoms with Gasteiger partial charge in [-0.15, -0.1) is 0 Å². The zero-order valence-corrected chi connectivity index (χ0v) is 39.3. The van der Waals surface area contributed by atoms with Gasteiger partial charge in [0.2, 0.25) is 0 Å². The first-order valence-corrected chi connectivity index (χ1v) is 24.4. The predicted molar refractivity (Wildman–Crippen MR) is 274 cm³/mol. The van der Waals surface area contributed by atoms with Crippen molar-refractivity contribution in [2.45, 2.75) is 39.3 Å². The molecule has 352 valence electrons. The topological polar surface area (TPSA) is 73.8 Å². The highest BCUT2D eigenvalue weighted by atomic mass is 16.6. The lowest BCUT2D eigenvalue weighted by atomic mass is 9.91. The molecule has 0 atom stereocenters. The van der Waals surface area contributed by atoms with Gasteiger partial charge in [0.05, 0.1) is 52.9 Å². The molecule has 70 heavy (non-hydrogen) atoms. The Morgan fingerprint density at radius 3 is 0.686 bits per heavy atom. The summed E-state index contributed by atoms with van der Waals surface area (Å²) in [6.45, 7) is 4.27. The molecule has 0 aliphatic carbocycles. The van der Waals surface area contributed by atoms with Crippen molar-refractivity contribution in [1.82, 2.24) is 0 Å². The van der Waals surface area contributed by atoms with Gasteiger partial charge in [0.15, 0.2) is 0 Å². The number of rotatable bonds is 4. The summed E-state index contributed by atoms with van der Waals surface area (Å²) in [6, 6.07) is 59.9. The third-order valence-electron chi connectivity index (χ3n) is 13.1. The molecule has 3 aliphatic rings. The molecule has 0 saturated carbocycles. The van der Waals surface area contributed by atoms with Gasteiger partial charge in [-0.2, -0.15) is 0 Å². The molecule has 0 aromatic heterocycles. The van der Waals surface area contributed by atoms with Gasteiger partial charge in [-0.1, -0.05) is 121 Å². The van der Waals surface area contributed by atoms with Crippen molar-refractivity contribution in [2.75, 3.05) is 52.9 Å². The normalized spacial score (nSPS) is 15.4. The van der Waals surface area contributed by atoms with Crippen LogP contribution >= 0.6 is 0 Å². The maximum atomic E-state index is 6.93. The van der Waals surface area contributed by atoms with E-state index in [1.165, 1.54) is 0 Å². The van der Waals surface area contributed by atoms with E-state index in [0.29, 0.717) is 65.7 Å². The molecule has 0 radical (unpaired) electrons. The zero-order chi connectivity index (χ0) is 46.9. The summed E-state index contributed by atoms with van der Waals surface area (Å²) in [6.07, 6.45) is 1.08. The molecule has 0 fully saturated rings. The van der Waals surface area contributed by atoms with Gasteiger partial charge >= 0.3 is 0 Å². The van der Waals surface area contributed by atoms with Crippen molar-refractivity contribution in [3.63, 3.8) is 0 Å². The molecule has 0 unspecified atom stereocenters. The molecule has 11 rings (SSSR count). The summed E-state index contributed by atoms with van der Waals surface area (Å²) < 4.78 is 53.4. The van der Waals surface area contributed by atoms with E-state index >= 15 is 0 Å². The number of hydrogen-bond acceptors (Lipinski definition) is 8. The minimum atomic E-state index is 0.282. The Morgan fingerprint density at radius 1 is 0.214 bits per heavy atom. The number of ether oxygens (including phenoxy) is 8. The molecule has 12 bridgehead atoms. The largest absolute Gasteiger partial charge is 0.491 e. The summed E-state index contributed by atoms with van der Waals surface area (Å²) >= 11 is 0. The molecule has 3 aliphatic heterocycles. The maximum Gasteiger partial charge on any atom is 0.128 e. The Labute approximate surface area is 410 Å². The SMILES string of the molecule is c1ccc(-c2cc3c4c(c2)Cc2cc(-c5ccccc5)cc(c2OCCOCCO4)COCc2cc(-c4ccccc4)cc4c2OCCOCCOc2c(cc(-c5ccccc5)cc2C4)COC3)cc1. The molecule has 3 heterocycles. The highest BCUT2D eigenvalue weighted by Gasteiger charge is 2.24. The lowest BCUT2D eigenvalue weighted by Crippen LogP contribution is -2.17. The van der Waals surface area contributed by atoms with Crippen LogP contribution in [0.2, 0.25) is 0 Å². The molecule has 0 saturated heterocycles. The van der Waals surface area contributed by atoms with Gasteiger partial charge in [-0.3, -0.25) is 0 Å². The highest BCUT2D eigenvalue weighted by Crippen LogP contribution is 2.42. The molecular weight excluding hydrogens is 873 g/mol. The first-order chi connectivity index (χ1) is 34.7. The van der Waals surface area contributed by atoms with Crippen molar-refractivity contribution in [3.8, 4) is 67.5 Å². The van der Waals surface area contributed by atoms with Gasteiger partial charge in [0.25, 0.3) is 0 Å². The van der Waals surface area contributed by atoms with Crippen LogP contribution in [0.25, 0.3) is 44.5 Å². The molecule has 8 heteroatoms. The quantitative estimate of drug-likeness (QED) is 0.173. The summed E-state index contributed by atoms with van der Waals surface area (Å²) in [4.78, 5) is 0. The Hall–Kier alpha value is -7.20. The van der Waals surface area contributed by atoms with E-state index in [4.69, 9.17) is 37.9 Å². The molecule has 0 spiro atoms. The number of hydrogen-bond donors (Lipinski definition) is 0. The van der Waals surface area contributed by atoms with E-state index in [1.807, 2.05) is 24.3 Å². The Bertz CT molecular complexity index is 2640. The van der Waals surface area contributed by atoms with Crippen molar-refractivity contribution < 1.29 is 37.9 Å². The third kappa shape index (κ3) is 10.4. The third-order valence-corrected chi connectivity index (χ3v) is 13.1. The molecule has 8 nitrogen and oxygen atoms in total. The van der Waals surface area contributed by atoms with Crippen LogP contribution in [0.3, 0.4) is 0 Å². The van der Waals surface area contributed by atoms with Crippen LogP contribution in [-0.2, 0) is 58.2 Å². The van der Waals surface area contributed by atoms with Crippen molar-refractivity contribution in [3.05, 3.63) is 214 Å². The van der Waals surface area contributed by atoms with E-state index in [0.717, 1.165) is 112 Å². The Morgan fingerprint density at radius 2 is 0.443 bits per heavy atom. The van der Waals surface area contributed by atoms with Gasteiger partial charge in [0.1, 0.15) is 49.4 Å². The van der Waals surface area contributed by atoms with Crippen molar-refractivity contribution in [2.24, 2.45) is 0 Å². The fraction of sp³-hybridized carbons (Fsp3) is 0.226. The average molecular weight is 929 g/mol. The molecule has 0 N–H and O–H groups in total. The summed E-state index contributed by atoms with van der Waals surface area (Å²) in [5.41, 5.74) is 16.6. The number of benzene rings is 8. The van der Waals surface area contributed by atoms with Gasteiger partial charge in [0, 0.05) is 35.1 Å². The molecular formula is C62H56O8. The molecule has 8 aromatic carbocycles. The second kappa shape index (κ2) is 21.6. The molecule has 0 amide bonds. The molecule has 8 aromatic rings. The Kier molecular flexibility index (Phi) is 14.0. The van der Waals surface area contributed by atoms with Crippen LogP contribution in [0.4, 0.5) is 0 Å². The second-order valence-corrected chi connectivity index (χ2v) is 17.9. The van der Waals surface area contributed by atoms with Crippen LogP contribution in [0, 0.1) is 0 Å². The first kappa shape index (κ1) is 45.3. The van der Waals surface area contributed by atoms with Crippen LogP contribution in [-0.4, -0.2) is 52.9 Å². The first-order valence-electron chi connectivity index (χ1n) is 24.4. The standard InChI is InChI=1S/C62H56O8/c1-5-13-43(14-6-1)47-29-51-37-52-30-48(44-15-7-2-8-16-44)34-57-41-66-42-58-36-50(46-19-11-4-12-20-46)32-54-38-53-31-49(45-17-9-3-10-18-45)35-56(61(53)69-27-23-64-24-28-70-62(54)58)40-65-39-55(33-47)59(51)67-25-21-63-22-26-68-60(52)57/h1-20,29-36H,21-28,37-42H2. The van der Waals surface area contributed by atoms with E-state index in [1.54, 1.807) is 0 Å². The smallest absolute Gasteiger partial charge is 0.128 e. The van der Waals surface area contributed by atoms with E-state index in [2.05, 4.69) is 146 Å². The van der Waals surface area contributed by atoms with Crippen LogP contribution in [0.1, 0.15) is 44.5 Å². The second-order valence-electron chi connectivity index (χ2n) is 17.9. The van der Waals surface area contributed by atoms with Crippen LogP contribution in [0.5, 0.6) is 23.0 Å². The van der Waals surface area contributed by atoms with E-state index < -0.39 is 0 Å². The van der Waals surface area contributed by atoms with Gasteiger partial charge in [-0.25, -0.2) is 0 Å². The highest BCUT2D eigenvalue weighted by molar-refractivity contribution is 5.73. The fourth-order valence-electron chi connectivity index (χ4n) is 9.87. The maximum absolute atomic E-state index is 6.93. The lowest BCUT2D eigenvalue weighted by Gasteiger charge is -2.24. The van der Waals surface area contributed by atoms with E-state index in [-0.39, 0.29) is 26.4 Å². The van der Waals surface area contributed by atoms with Gasteiger partial charge in [-0.05, 0) is 115 Å². The minimum Gasteiger partial charge on any atom is -0.491 e. The van der Waals surface area contributed by atoms with Crippen molar-refractivity contribution >= 4 is 0 Å². The monoisotopic (exact) mass is 928 g/mol. The zero-order valence-electron chi connectivity index (χ0n) is 39.3. The minimum absolute atomic E-state index is 0.282. The average Bonchev–Trinajstić information content (AvgIpc) is 3.39. The van der Waals surface area contributed by atoms with Crippen molar-refractivity contribution in [1.29, 1.82) is 0 Å². The summed E-state index contributed by atoms with van der Waals surface area (Å²) in [5, 5.41) is 0. The summed E-state index contributed by atoms with van der Waals surface area (Å²) in [7, 11) is 0. The van der Waals surface area contributed by atoms with Crippen LogP contribution in [0.15, 0.2) is 170 Å². The lowest BCUT2D eigenvalue weighted by molar-refractivity contribution is 0.0670. The van der Waals surface area contributed by atoms with E-state index in [9.17, 15) is 0 Å².